The summed E-state index contributed by atoms with van der Waals surface area (Å²) >= 11 is 2.10. The molecule has 2 N–H and O–H groups in total. The molecule has 3 heteroatoms. The lowest BCUT2D eigenvalue weighted by atomic mass is 9.94. The Hall–Kier alpha value is -0.510. The molecule has 2 nitrogen and oxygen atoms in total. The summed E-state index contributed by atoms with van der Waals surface area (Å²) in [6.45, 7) is 14.3. The van der Waals surface area contributed by atoms with Gasteiger partial charge in [-0.15, -0.1) is 0 Å². The number of hydrogen-bond acceptors (Lipinski definition) is 3. The van der Waals surface area contributed by atoms with Crippen LogP contribution in [-0.2, 0) is 0 Å². The van der Waals surface area contributed by atoms with Crippen LogP contribution in [0.1, 0.15) is 48.6 Å². The van der Waals surface area contributed by atoms with Gasteiger partial charge in [0.1, 0.15) is 0 Å². The van der Waals surface area contributed by atoms with Crippen LogP contribution in [0, 0.1) is 20.8 Å². The lowest BCUT2D eigenvalue weighted by Crippen LogP contribution is -2.36. The van der Waals surface area contributed by atoms with E-state index in [9.17, 15) is 0 Å². The Morgan fingerprint density at radius 3 is 2.48 bits per heavy atom. The first-order valence-electron chi connectivity index (χ1n) is 8.00. The van der Waals surface area contributed by atoms with E-state index in [2.05, 4.69) is 63.4 Å². The molecule has 0 spiro atoms. The fourth-order valence-electron chi connectivity index (χ4n) is 3.16. The number of thioether (sulfide) groups is 1. The molecule has 1 aromatic carbocycles. The van der Waals surface area contributed by atoms with Crippen molar-refractivity contribution in [2.24, 2.45) is 5.73 Å². The summed E-state index contributed by atoms with van der Waals surface area (Å²) in [5.41, 5.74) is 11.7. The van der Waals surface area contributed by atoms with Crippen molar-refractivity contribution in [3.8, 4) is 0 Å². The molecular weight excluding hydrogens is 276 g/mol. The lowest BCUT2D eigenvalue weighted by Gasteiger charge is -2.32. The van der Waals surface area contributed by atoms with E-state index < -0.39 is 0 Å². The summed E-state index contributed by atoms with van der Waals surface area (Å²) in [6, 6.07) is 5.02. The van der Waals surface area contributed by atoms with Gasteiger partial charge in [0, 0.05) is 36.2 Å². The van der Waals surface area contributed by atoms with E-state index >= 15 is 0 Å². The van der Waals surface area contributed by atoms with Gasteiger partial charge in [-0.05, 0) is 49.4 Å². The van der Waals surface area contributed by atoms with Gasteiger partial charge in [-0.3, -0.25) is 4.90 Å². The van der Waals surface area contributed by atoms with Crippen LogP contribution >= 0.6 is 11.8 Å². The smallest absolute Gasteiger partial charge is 0.0473 e. The van der Waals surface area contributed by atoms with Crippen molar-refractivity contribution in [3.63, 3.8) is 0 Å². The number of nitrogens with zero attached hydrogens (tertiary/aromatic N) is 1. The molecule has 1 aliphatic heterocycles. The molecule has 1 atom stereocenters. The van der Waals surface area contributed by atoms with Crippen LogP contribution in [0.3, 0.4) is 0 Å². The zero-order valence-electron chi connectivity index (χ0n) is 14.2. The minimum Gasteiger partial charge on any atom is -0.329 e. The molecule has 0 amide bonds. The minimum atomic E-state index is 0.360. The van der Waals surface area contributed by atoms with Gasteiger partial charge >= 0.3 is 0 Å². The lowest BCUT2D eigenvalue weighted by molar-refractivity contribution is 0.210. The molecule has 0 saturated carbocycles. The number of rotatable bonds is 3. The van der Waals surface area contributed by atoms with Gasteiger partial charge in [0.25, 0.3) is 0 Å². The van der Waals surface area contributed by atoms with Crippen LogP contribution in [0.25, 0.3) is 0 Å². The first-order chi connectivity index (χ1) is 9.84. The third kappa shape index (κ3) is 4.02. The van der Waals surface area contributed by atoms with Gasteiger partial charge in [-0.25, -0.2) is 0 Å². The highest BCUT2D eigenvalue weighted by molar-refractivity contribution is 8.00. The number of aryl methyl sites for hydroxylation is 3. The monoisotopic (exact) mass is 306 g/mol. The SMILES string of the molecule is Cc1cc(C)c(C(CN)N2CCSC(C)(C)CC2)cc1C. The van der Waals surface area contributed by atoms with Crippen molar-refractivity contribution in [2.45, 2.75) is 51.8 Å². The van der Waals surface area contributed by atoms with E-state index in [1.165, 1.54) is 34.4 Å². The van der Waals surface area contributed by atoms with Crippen LogP contribution in [0.5, 0.6) is 0 Å². The molecule has 1 saturated heterocycles. The number of hydrogen-bond donors (Lipinski definition) is 1. The Morgan fingerprint density at radius 2 is 1.81 bits per heavy atom. The summed E-state index contributed by atoms with van der Waals surface area (Å²) < 4.78 is 0.395. The highest BCUT2D eigenvalue weighted by atomic mass is 32.2. The molecule has 118 valence electrons. The Kier molecular flexibility index (Phi) is 5.39. The van der Waals surface area contributed by atoms with E-state index in [4.69, 9.17) is 5.73 Å². The second kappa shape index (κ2) is 6.72. The second-order valence-corrected chi connectivity index (χ2v) is 8.74. The maximum atomic E-state index is 6.16. The second-order valence-electron chi connectivity index (χ2n) is 6.94. The van der Waals surface area contributed by atoms with Crippen molar-refractivity contribution in [1.29, 1.82) is 0 Å². The van der Waals surface area contributed by atoms with Crippen molar-refractivity contribution < 1.29 is 0 Å². The summed E-state index contributed by atoms with van der Waals surface area (Å²) in [4.78, 5) is 2.60. The van der Waals surface area contributed by atoms with Crippen LogP contribution < -0.4 is 5.73 Å². The molecule has 0 radical (unpaired) electrons. The molecule has 2 rings (SSSR count). The topological polar surface area (TPSA) is 29.3 Å². The maximum absolute atomic E-state index is 6.16. The molecule has 1 fully saturated rings. The summed E-state index contributed by atoms with van der Waals surface area (Å²) in [5.74, 6) is 1.20. The number of benzene rings is 1. The molecule has 1 unspecified atom stereocenters. The predicted octanol–water partition coefficient (Wildman–Crippen LogP) is 3.83. The Bertz CT molecular complexity index is 496. The third-order valence-corrected chi connectivity index (χ3v) is 6.15. The first-order valence-corrected chi connectivity index (χ1v) is 8.98. The molecular formula is C18H30N2S. The minimum absolute atomic E-state index is 0.360. The normalized spacial score (nSPS) is 21.0. The largest absolute Gasteiger partial charge is 0.329 e. The Balaban J connectivity index is 2.25. The van der Waals surface area contributed by atoms with Crippen LogP contribution in [-0.4, -0.2) is 35.0 Å². The van der Waals surface area contributed by atoms with Crippen molar-refractivity contribution in [2.75, 3.05) is 25.4 Å². The van der Waals surface area contributed by atoms with Gasteiger partial charge in [-0.2, -0.15) is 11.8 Å². The summed E-state index contributed by atoms with van der Waals surface area (Å²) in [5, 5.41) is 0. The van der Waals surface area contributed by atoms with E-state index in [-0.39, 0.29) is 0 Å². The maximum Gasteiger partial charge on any atom is 0.0473 e. The van der Waals surface area contributed by atoms with Crippen LogP contribution in [0.15, 0.2) is 12.1 Å². The third-order valence-electron chi connectivity index (χ3n) is 4.78. The van der Waals surface area contributed by atoms with E-state index in [1.807, 2.05) is 0 Å². The zero-order valence-corrected chi connectivity index (χ0v) is 15.0. The van der Waals surface area contributed by atoms with Gasteiger partial charge < -0.3 is 5.73 Å². The molecule has 1 heterocycles. The van der Waals surface area contributed by atoms with Crippen molar-refractivity contribution in [3.05, 3.63) is 34.4 Å². The van der Waals surface area contributed by atoms with Gasteiger partial charge in [0.15, 0.2) is 0 Å². The highest BCUT2D eigenvalue weighted by Gasteiger charge is 2.28. The number of nitrogens with two attached hydrogens (primary N) is 1. The average Bonchev–Trinajstić information content (AvgIpc) is 2.58. The molecule has 0 aliphatic carbocycles. The highest BCUT2D eigenvalue weighted by Crippen LogP contribution is 2.34. The molecule has 21 heavy (non-hydrogen) atoms. The fourth-order valence-corrected chi connectivity index (χ4v) is 4.28. The molecule has 0 aromatic heterocycles. The summed E-state index contributed by atoms with van der Waals surface area (Å²) in [7, 11) is 0. The first kappa shape index (κ1) is 16.9. The Labute approximate surface area is 134 Å². The summed E-state index contributed by atoms with van der Waals surface area (Å²) in [6.07, 6.45) is 1.23. The van der Waals surface area contributed by atoms with Crippen molar-refractivity contribution in [1.82, 2.24) is 4.90 Å². The van der Waals surface area contributed by atoms with Crippen LogP contribution in [0.2, 0.25) is 0 Å². The quantitative estimate of drug-likeness (QED) is 0.920. The predicted molar refractivity (Wildman–Crippen MR) is 95.2 cm³/mol. The van der Waals surface area contributed by atoms with Gasteiger partial charge in [-0.1, -0.05) is 26.0 Å². The average molecular weight is 307 g/mol. The standard InChI is InChI=1S/C18H30N2S/c1-13-10-15(3)16(11-14(13)2)17(12-19)20-7-6-18(4,5)21-9-8-20/h10-11,17H,6-9,12,19H2,1-5H3. The zero-order chi connectivity index (χ0) is 15.6. The van der Waals surface area contributed by atoms with E-state index in [0.29, 0.717) is 17.3 Å². The van der Waals surface area contributed by atoms with Gasteiger partial charge in [0.05, 0.1) is 0 Å². The Morgan fingerprint density at radius 1 is 1.14 bits per heavy atom. The van der Waals surface area contributed by atoms with E-state index in [0.717, 1.165) is 13.1 Å². The fraction of sp³-hybridized carbons (Fsp3) is 0.667. The van der Waals surface area contributed by atoms with Gasteiger partial charge in [0.2, 0.25) is 0 Å². The molecule has 1 aromatic rings. The molecule has 0 bridgehead atoms. The molecule has 1 aliphatic rings. The van der Waals surface area contributed by atoms with Crippen LogP contribution in [0.4, 0.5) is 0 Å². The van der Waals surface area contributed by atoms with Crippen molar-refractivity contribution >= 4 is 11.8 Å². The van der Waals surface area contributed by atoms with E-state index in [1.54, 1.807) is 0 Å².